The molecular formula is C92H77Cl2FN14O4. The van der Waals surface area contributed by atoms with Crippen LogP contribution in [0.25, 0.3) is 134 Å². The zero-order valence-corrected chi connectivity index (χ0v) is 64.6. The molecule has 0 radical (unpaired) electrons. The van der Waals surface area contributed by atoms with Gasteiger partial charge in [0, 0.05) is 106 Å². The molecule has 0 saturated carbocycles. The molecule has 0 amide bonds. The third-order valence-electron chi connectivity index (χ3n) is 18.2. The van der Waals surface area contributed by atoms with Gasteiger partial charge < -0.3 is 18.9 Å². The SMILES string of the molecule is CC(C)Oc1ccc(-c2ccn3c(-c4ccnc(-c5ccnc(Cl)c5)c4)cnc3c2)cc1.CC(C)Oc1ccc(-c2ccn3c(-c4ccnc(F)c4)cnc3c2)cc1.CC(C)Oc1ccc(-c2ccn3c(-c4ccnc5cc(Cl)ccc45)cnc3c2)cc1.CC(C)Oc1ccc(-c2ccn3c(-c4cncnc4)cnc3c2)cc1. The summed E-state index contributed by atoms with van der Waals surface area (Å²) in [5.74, 6) is 2.98. The Balaban J connectivity index is 0.000000120. The van der Waals surface area contributed by atoms with Crippen LogP contribution in [0.1, 0.15) is 55.4 Å². The maximum atomic E-state index is 13.4. The van der Waals surface area contributed by atoms with Gasteiger partial charge in [0.25, 0.3) is 0 Å². The lowest BCUT2D eigenvalue weighted by atomic mass is 10.1. The normalized spacial score (nSPS) is 11.3. The first-order valence-corrected chi connectivity index (χ1v) is 37.7. The molecule has 0 atom stereocenters. The van der Waals surface area contributed by atoms with Gasteiger partial charge in [-0.05, 0) is 245 Å². The van der Waals surface area contributed by atoms with Crippen molar-refractivity contribution in [2.24, 2.45) is 0 Å². The van der Waals surface area contributed by atoms with Crippen LogP contribution in [-0.2, 0) is 0 Å². The van der Waals surface area contributed by atoms with Crippen LogP contribution in [0.15, 0.2) is 299 Å². The third-order valence-corrected chi connectivity index (χ3v) is 18.7. The summed E-state index contributed by atoms with van der Waals surface area (Å²) in [6, 6.07) is 67.7. The minimum atomic E-state index is -0.502. The van der Waals surface area contributed by atoms with Crippen molar-refractivity contribution in [3.63, 3.8) is 0 Å². The quantitative estimate of drug-likeness (QED) is 0.0785. The van der Waals surface area contributed by atoms with Gasteiger partial charge in [-0.25, -0.2) is 39.9 Å². The summed E-state index contributed by atoms with van der Waals surface area (Å²) >= 11 is 12.2. The Kier molecular flexibility index (Phi) is 22.4. The third kappa shape index (κ3) is 17.7. The second kappa shape index (κ2) is 33.8. The first-order chi connectivity index (χ1) is 54.9. The first-order valence-electron chi connectivity index (χ1n) is 36.9. The minimum absolute atomic E-state index is 0.151. The maximum Gasteiger partial charge on any atom is 0.213 e. The summed E-state index contributed by atoms with van der Waals surface area (Å²) in [5.41, 5.74) is 22.6. The number of hydrogen-bond donors (Lipinski definition) is 0. The second-order valence-electron chi connectivity index (χ2n) is 27.7. The fourth-order valence-corrected chi connectivity index (χ4v) is 13.5. The number of pyridine rings is 8. The Hall–Kier alpha value is -13.5. The molecule has 0 aliphatic rings. The van der Waals surface area contributed by atoms with E-state index in [0.717, 1.165) is 157 Å². The van der Waals surface area contributed by atoms with Gasteiger partial charge in [0.2, 0.25) is 5.95 Å². The van der Waals surface area contributed by atoms with Gasteiger partial charge >= 0.3 is 0 Å². The molecule has 113 heavy (non-hydrogen) atoms. The highest BCUT2D eigenvalue weighted by atomic mass is 35.5. The standard InChI is InChI=1S/C26H21ClN4O.C25H20ClN3O.C21H18FN3O.C20H18N4O/c1-17(2)32-22-5-3-18(4-6-22)19-9-12-31-24(16-30-26(31)15-19)21-8-10-28-23(13-21)20-7-11-29-25(27)14-20;1-16(2)30-20-6-3-17(4-7-20)18-10-12-29-24(15-28-25(29)13-18)22-9-11-27-23-14-19(26)5-8-21(22)23;1-14(2)26-18-5-3-15(4-6-18)16-8-10-25-19(13-24-21(25)12-16)17-7-9-23-20(22)11-17;1-14(2)25-18-5-3-15(4-6-18)16-7-8-24-19(12-23-20(24)9-16)17-10-21-13-22-11-17/h3-17H,1-2H3;3-16H,1-2H3;3-14H,1-2H3;3-14H,1-2H3. The summed E-state index contributed by atoms with van der Waals surface area (Å²) < 4.78 is 44.4. The largest absolute Gasteiger partial charge is 0.491 e. The van der Waals surface area contributed by atoms with Crippen LogP contribution >= 0.6 is 23.2 Å². The number of halogens is 3. The van der Waals surface area contributed by atoms with E-state index in [9.17, 15) is 4.39 Å². The van der Waals surface area contributed by atoms with Crippen LogP contribution in [0, 0.1) is 5.95 Å². The monoisotopic (exact) mass is 1530 g/mol. The van der Waals surface area contributed by atoms with E-state index in [2.05, 4.69) is 144 Å². The van der Waals surface area contributed by atoms with Crippen molar-refractivity contribution in [3.8, 4) is 124 Å². The van der Waals surface area contributed by atoms with Crippen LogP contribution < -0.4 is 18.9 Å². The lowest BCUT2D eigenvalue weighted by molar-refractivity contribution is 0.242. The van der Waals surface area contributed by atoms with E-state index in [4.69, 9.17) is 42.1 Å². The van der Waals surface area contributed by atoms with E-state index < -0.39 is 5.95 Å². The fraction of sp³-hybridized carbons (Fsp3) is 0.130. The summed E-state index contributed by atoms with van der Waals surface area (Å²) in [4.78, 5) is 43.0. The molecule has 0 fully saturated rings. The number of aromatic nitrogens is 14. The number of hydrogen-bond acceptors (Lipinski definition) is 14. The number of rotatable bonds is 17. The smallest absolute Gasteiger partial charge is 0.213 e. The fourth-order valence-electron chi connectivity index (χ4n) is 13.1. The van der Waals surface area contributed by atoms with Crippen LogP contribution in [0.2, 0.25) is 10.2 Å². The van der Waals surface area contributed by atoms with Crippen molar-refractivity contribution in [2.75, 3.05) is 0 Å². The topological polar surface area (TPSA) is 183 Å². The number of imidazole rings is 4. The summed E-state index contributed by atoms with van der Waals surface area (Å²) in [5, 5.41) is 2.18. The van der Waals surface area contributed by atoms with Gasteiger partial charge in [0.15, 0.2) is 0 Å². The number of fused-ring (bicyclic) bond motifs is 5. The van der Waals surface area contributed by atoms with E-state index in [0.29, 0.717) is 10.2 Å². The molecule has 18 aromatic rings. The predicted octanol–water partition coefficient (Wildman–Crippen LogP) is 22.5. The molecule has 0 aliphatic heterocycles. The molecule has 560 valence electrons. The molecule has 13 heterocycles. The molecule has 0 bridgehead atoms. The van der Waals surface area contributed by atoms with Crippen LogP contribution in [0.3, 0.4) is 0 Å². The Labute approximate surface area is 662 Å². The molecule has 0 spiro atoms. The molecule has 0 saturated heterocycles. The minimum Gasteiger partial charge on any atom is -0.491 e. The molecular weight excluding hydrogens is 1460 g/mol. The van der Waals surface area contributed by atoms with E-state index >= 15 is 0 Å². The molecule has 0 aliphatic carbocycles. The first kappa shape index (κ1) is 74.9. The Bertz CT molecular complexity index is 6330. The second-order valence-corrected chi connectivity index (χ2v) is 28.5. The highest BCUT2D eigenvalue weighted by Crippen LogP contribution is 2.35. The highest BCUT2D eigenvalue weighted by molar-refractivity contribution is 6.31. The van der Waals surface area contributed by atoms with Gasteiger partial charge in [0.1, 0.15) is 57.1 Å². The number of ether oxygens (including phenoxy) is 4. The lowest BCUT2D eigenvalue weighted by Crippen LogP contribution is -2.05. The van der Waals surface area contributed by atoms with Crippen molar-refractivity contribution in [1.29, 1.82) is 0 Å². The van der Waals surface area contributed by atoms with Crippen LogP contribution in [-0.4, -0.2) is 91.9 Å². The summed E-state index contributed by atoms with van der Waals surface area (Å²) in [6.07, 6.45) is 28.0. The Morgan fingerprint density at radius 1 is 0.301 bits per heavy atom. The van der Waals surface area contributed by atoms with Gasteiger partial charge in [-0.2, -0.15) is 4.39 Å². The zero-order valence-electron chi connectivity index (χ0n) is 63.1. The predicted molar refractivity (Wildman–Crippen MR) is 447 cm³/mol. The number of benzene rings is 5. The molecule has 13 aromatic heterocycles. The molecule has 21 heteroatoms. The van der Waals surface area contributed by atoms with E-state index in [-0.39, 0.29) is 24.4 Å². The van der Waals surface area contributed by atoms with Crippen molar-refractivity contribution in [1.82, 2.24) is 67.4 Å². The van der Waals surface area contributed by atoms with Gasteiger partial charge in [-0.1, -0.05) is 77.8 Å². The van der Waals surface area contributed by atoms with Crippen molar-refractivity contribution >= 4 is 56.7 Å². The van der Waals surface area contributed by atoms with E-state index in [1.54, 1.807) is 37.1 Å². The number of nitrogens with zero attached hydrogens (tertiary/aromatic N) is 14. The van der Waals surface area contributed by atoms with Gasteiger partial charge in [-0.3, -0.25) is 27.6 Å². The van der Waals surface area contributed by atoms with E-state index in [1.165, 1.54) is 18.6 Å². The van der Waals surface area contributed by atoms with Gasteiger partial charge in [0.05, 0.1) is 83.2 Å². The van der Waals surface area contributed by atoms with Gasteiger partial charge in [-0.15, -0.1) is 0 Å². The molecule has 0 unspecified atom stereocenters. The summed E-state index contributed by atoms with van der Waals surface area (Å²) in [6.45, 7) is 16.2. The average molecular weight is 1530 g/mol. The van der Waals surface area contributed by atoms with Crippen LogP contribution in [0.4, 0.5) is 4.39 Å². The molecule has 18 nitrogen and oxygen atoms in total. The highest BCUT2D eigenvalue weighted by Gasteiger charge is 2.17. The Morgan fingerprint density at radius 2 is 0.673 bits per heavy atom. The lowest BCUT2D eigenvalue weighted by Gasteiger charge is -2.10. The Morgan fingerprint density at radius 3 is 1.09 bits per heavy atom. The van der Waals surface area contributed by atoms with Crippen molar-refractivity contribution in [3.05, 3.63) is 315 Å². The summed E-state index contributed by atoms with van der Waals surface area (Å²) in [7, 11) is 0. The maximum absolute atomic E-state index is 13.4. The molecule has 0 N–H and O–H groups in total. The average Bonchev–Trinajstić information content (AvgIpc) is 1.64. The molecule has 18 rings (SSSR count). The van der Waals surface area contributed by atoms with Crippen molar-refractivity contribution < 1.29 is 23.3 Å². The van der Waals surface area contributed by atoms with E-state index in [1.807, 2.05) is 223 Å². The molecule has 5 aromatic carbocycles. The van der Waals surface area contributed by atoms with Crippen LogP contribution in [0.5, 0.6) is 23.0 Å². The van der Waals surface area contributed by atoms with Crippen molar-refractivity contribution in [2.45, 2.75) is 79.8 Å². The zero-order chi connectivity index (χ0) is 78.1.